The molecule has 3 nitrogen and oxygen atoms in total. The summed E-state index contributed by atoms with van der Waals surface area (Å²) in [5, 5.41) is 18.5. The quantitative estimate of drug-likeness (QED) is 0.848. The number of rotatable bonds is 2. The maximum atomic E-state index is 11.0. The number of aromatic hydroxyl groups is 1. The van der Waals surface area contributed by atoms with E-state index in [0.717, 1.165) is 22.3 Å². The minimum atomic E-state index is -1.13. The van der Waals surface area contributed by atoms with Gasteiger partial charge in [0, 0.05) is 0 Å². The van der Waals surface area contributed by atoms with Crippen LogP contribution in [0, 0.1) is 13.8 Å². The third kappa shape index (κ3) is 2.07. The molecule has 0 aliphatic heterocycles. The summed E-state index contributed by atoms with van der Waals surface area (Å²) in [6, 6.07) is 10.5. The molecule has 2 rings (SSSR count). The number of hydrogen-bond acceptors (Lipinski definition) is 2. The molecule has 0 radical (unpaired) electrons. The van der Waals surface area contributed by atoms with Crippen molar-refractivity contribution in [3.05, 3.63) is 53.1 Å². The molecule has 2 N–H and O–H groups in total. The van der Waals surface area contributed by atoms with E-state index >= 15 is 0 Å². The molecular formula is C15H14O3. The van der Waals surface area contributed by atoms with Gasteiger partial charge in [-0.1, -0.05) is 24.3 Å². The zero-order valence-corrected chi connectivity index (χ0v) is 10.3. The fourth-order valence-electron chi connectivity index (χ4n) is 1.94. The number of aryl methyl sites for hydroxylation is 1. The topological polar surface area (TPSA) is 57.5 Å². The molecule has 0 aromatic heterocycles. The Morgan fingerprint density at radius 1 is 1.11 bits per heavy atom. The summed E-state index contributed by atoms with van der Waals surface area (Å²) < 4.78 is 0. The minimum Gasteiger partial charge on any atom is -0.507 e. The standard InChI is InChI=1S/C15H14O3/c1-9-4-3-5-12(10(9)2)11-6-7-14(16)13(8-11)15(17)18/h3-8,16H,1-2H3,(H,17,18). The maximum Gasteiger partial charge on any atom is 0.339 e. The van der Waals surface area contributed by atoms with E-state index in [1.54, 1.807) is 6.07 Å². The highest BCUT2D eigenvalue weighted by atomic mass is 16.4. The van der Waals surface area contributed by atoms with Crippen LogP contribution in [0.5, 0.6) is 5.75 Å². The number of carboxylic acids is 1. The number of phenols is 1. The molecule has 0 bridgehead atoms. The number of aromatic carboxylic acids is 1. The number of carboxylic acid groups (broad SMARTS) is 1. The predicted molar refractivity (Wildman–Crippen MR) is 70.0 cm³/mol. The lowest BCUT2D eigenvalue weighted by Gasteiger charge is -2.10. The molecule has 0 aliphatic carbocycles. The molecule has 2 aromatic rings. The van der Waals surface area contributed by atoms with Crippen LogP contribution in [-0.2, 0) is 0 Å². The van der Waals surface area contributed by atoms with Crippen molar-refractivity contribution >= 4 is 5.97 Å². The summed E-state index contributed by atoms with van der Waals surface area (Å²) in [5.74, 6) is -1.34. The van der Waals surface area contributed by atoms with E-state index in [1.807, 2.05) is 32.0 Å². The van der Waals surface area contributed by atoms with Gasteiger partial charge in [0.1, 0.15) is 11.3 Å². The molecule has 0 heterocycles. The van der Waals surface area contributed by atoms with Gasteiger partial charge in [0.05, 0.1) is 0 Å². The van der Waals surface area contributed by atoms with Crippen LogP contribution in [0.25, 0.3) is 11.1 Å². The van der Waals surface area contributed by atoms with Gasteiger partial charge < -0.3 is 10.2 Å². The number of hydrogen-bond donors (Lipinski definition) is 2. The maximum absolute atomic E-state index is 11.0. The van der Waals surface area contributed by atoms with Crippen LogP contribution in [-0.4, -0.2) is 16.2 Å². The molecule has 0 saturated heterocycles. The van der Waals surface area contributed by atoms with Crippen molar-refractivity contribution in [2.24, 2.45) is 0 Å². The van der Waals surface area contributed by atoms with Crippen molar-refractivity contribution in [3.8, 4) is 16.9 Å². The van der Waals surface area contributed by atoms with E-state index in [2.05, 4.69) is 0 Å². The molecule has 2 aromatic carbocycles. The normalized spacial score (nSPS) is 10.3. The highest BCUT2D eigenvalue weighted by molar-refractivity contribution is 5.92. The third-order valence-electron chi connectivity index (χ3n) is 3.14. The van der Waals surface area contributed by atoms with Gasteiger partial charge in [-0.05, 0) is 48.2 Å². The van der Waals surface area contributed by atoms with E-state index in [4.69, 9.17) is 5.11 Å². The van der Waals surface area contributed by atoms with Crippen molar-refractivity contribution in [2.75, 3.05) is 0 Å². The Kier molecular flexibility index (Phi) is 3.06. The van der Waals surface area contributed by atoms with Crippen molar-refractivity contribution in [1.82, 2.24) is 0 Å². The largest absolute Gasteiger partial charge is 0.507 e. The molecule has 0 amide bonds. The smallest absolute Gasteiger partial charge is 0.339 e. The summed E-state index contributed by atoms with van der Waals surface area (Å²) in [7, 11) is 0. The molecular weight excluding hydrogens is 228 g/mol. The summed E-state index contributed by atoms with van der Waals surface area (Å²) in [6.07, 6.45) is 0. The molecule has 0 unspecified atom stereocenters. The fourth-order valence-corrected chi connectivity index (χ4v) is 1.94. The third-order valence-corrected chi connectivity index (χ3v) is 3.14. The summed E-state index contributed by atoms with van der Waals surface area (Å²) in [5.41, 5.74) is 3.97. The van der Waals surface area contributed by atoms with Crippen LogP contribution in [0.4, 0.5) is 0 Å². The van der Waals surface area contributed by atoms with Crippen molar-refractivity contribution in [1.29, 1.82) is 0 Å². The highest BCUT2D eigenvalue weighted by Crippen LogP contribution is 2.29. The Bertz CT molecular complexity index is 615. The molecule has 3 heteroatoms. The molecule has 0 spiro atoms. The average molecular weight is 242 g/mol. The highest BCUT2D eigenvalue weighted by Gasteiger charge is 2.12. The first-order valence-corrected chi connectivity index (χ1v) is 5.63. The second kappa shape index (κ2) is 4.53. The molecule has 0 atom stereocenters. The van der Waals surface area contributed by atoms with Crippen molar-refractivity contribution in [3.63, 3.8) is 0 Å². The van der Waals surface area contributed by atoms with E-state index in [0.29, 0.717) is 0 Å². The van der Waals surface area contributed by atoms with E-state index in [1.165, 1.54) is 12.1 Å². The molecule has 0 aliphatic rings. The first-order chi connectivity index (χ1) is 8.50. The zero-order chi connectivity index (χ0) is 13.3. The van der Waals surface area contributed by atoms with Crippen LogP contribution >= 0.6 is 0 Å². The van der Waals surface area contributed by atoms with Gasteiger partial charge in [-0.15, -0.1) is 0 Å². The molecule has 0 saturated carbocycles. The lowest BCUT2D eigenvalue weighted by atomic mass is 9.96. The van der Waals surface area contributed by atoms with Crippen molar-refractivity contribution < 1.29 is 15.0 Å². The molecule has 92 valence electrons. The number of benzene rings is 2. The van der Waals surface area contributed by atoms with E-state index < -0.39 is 5.97 Å². The lowest BCUT2D eigenvalue weighted by molar-refractivity contribution is 0.0694. The predicted octanol–water partition coefficient (Wildman–Crippen LogP) is 3.37. The van der Waals surface area contributed by atoms with Crippen LogP contribution < -0.4 is 0 Å². The Morgan fingerprint density at radius 2 is 1.83 bits per heavy atom. The summed E-state index contributed by atoms with van der Waals surface area (Å²) in [4.78, 5) is 11.0. The Morgan fingerprint density at radius 3 is 2.50 bits per heavy atom. The first-order valence-electron chi connectivity index (χ1n) is 5.63. The van der Waals surface area contributed by atoms with E-state index in [-0.39, 0.29) is 11.3 Å². The summed E-state index contributed by atoms with van der Waals surface area (Å²) in [6.45, 7) is 4.01. The fraction of sp³-hybridized carbons (Fsp3) is 0.133. The molecule has 18 heavy (non-hydrogen) atoms. The monoisotopic (exact) mass is 242 g/mol. The van der Waals surface area contributed by atoms with Gasteiger partial charge in [-0.3, -0.25) is 0 Å². The summed E-state index contributed by atoms with van der Waals surface area (Å²) >= 11 is 0. The second-order valence-electron chi connectivity index (χ2n) is 4.28. The Hall–Kier alpha value is -2.29. The van der Waals surface area contributed by atoms with Gasteiger partial charge in [-0.2, -0.15) is 0 Å². The molecule has 0 fully saturated rings. The Balaban J connectivity index is 2.62. The SMILES string of the molecule is Cc1cccc(-c2ccc(O)c(C(=O)O)c2)c1C. The Labute approximate surface area is 105 Å². The van der Waals surface area contributed by atoms with Crippen LogP contribution in [0.3, 0.4) is 0 Å². The van der Waals surface area contributed by atoms with Crippen LogP contribution in [0.15, 0.2) is 36.4 Å². The van der Waals surface area contributed by atoms with Gasteiger partial charge >= 0.3 is 5.97 Å². The second-order valence-corrected chi connectivity index (χ2v) is 4.28. The minimum absolute atomic E-state index is 0.0755. The van der Waals surface area contributed by atoms with Gasteiger partial charge in [0.2, 0.25) is 0 Å². The van der Waals surface area contributed by atoms with Crippen molar-refractivity contribution in [2.45, 2.75) is 13.8 Å². The number of carbonyl (C=O) groups is 1. The van der Waals surface area contributed by atoms with Gasteiger partial charge in [0.15, 0.2) is 0 Å². The average Bonchev–Trinajstić information content (AvgIpc) is 2.33. The van der Waals surface area contributed by atoms with E-state index in [9.17, 15) is 9.90 Å². The van der Waals surface area contributed by atoms with Crippen LogP contribution in [0.1, 0.15) is 21.5 Å². The first kappa shape index (κ1) is 12.2. The van der Waals surface area contributed by atoms with Crippen LogP contribution in [0.2, 0.25) is 0 Å². The zero-order valence-electron chi connectivity index (χ0n) is 10.3. The lowest BCUT2D eigenvalue weighted by Crippen LogP contribution is -1.97. The van der Waals surface area contributed by atoms with Gasteiger partial charge in [0.25, 0.3) is 0 Å². The van der Waals surface area contributed by atoms with Gasteiger partial charge in [-0.25, -0.2) is 4.79 Å².